The van der Waals surface area contributed by atoms with E-state index in [1.807, 2.05) is 24.5 Å². The molecule has 0 aliphatic carbocycles. The van der Waals surface area contributed by atoms with Crippen molar-refractivity contribution in [2.24, 2.45) is 4.99 Å². The number of pyridine rings is 2. The zero-order chi connectivity index (χ0) is 27.1. The summed E-state index contributed by atoms with van der Waals surface area (Å²) in [6, 6.07) is 30.0. The first-order valence-corrected chi connectivity index (χ1v) is 14.2. The molecule has 1 fully saturated rings. The van der Waals surface area contributed by atoms with Gasteiger partial charge in [-0.25, -0.2) is 0 Å². The fourth-order valence-electron chi connectivity index (χ4n) is 6.83. The van der Waals surface area contributed by atoms with Gasteiger partial charge >= 0.3 is 0 Å². The first-order valence-electron chi connectivity index (χ1n) is 14.2. The molecule has 200 valence electrons. The lowest BCUT2D eigenvalue weighted by Gasteiger charge is -2.44. The Balaban J connectivity index is 1.23. The van der Waals surface area contributed by atoms with Gasteiger partial charge in [-0.05, 0) is 55.8 Å². The van der Waals surface area contributed by atoms with Crippen molar-refractivity contribution in [3.63, 3.8) is 0 Å². The van der Waals surface area contributed by atoms with E-state index in [0.29, 0.717) is 0 Å². The Hall–Kier alpha value is -4.13. The molecule has 0 unspecified atom stereocenters. The van der Waals surface area contributed by atoms with Crippen LogP contribution in [0.3, 0.4) is 0 Å². The maximum atomic E-state index is 4.97. The van der Waals surface area contributed by atoms with Crippen molar-refractivity contribution >= 4 is 22.3 Å². The number of piperazine rings is 1. The van der Waals surface area contributed by atoms with Crippen molar-refractivity contribution in [1.29, 1.82) is 0 Å². The quantitative estimate of drug-likeness (QED) is 0.271. The molecular formula is C34H34N6. The lowest BCUT2D eigenvalue weighted by Crippen LogP contribution is -2.50. The number of aromatic amines is 1. The molecule has 2 aliphatic rings. The third-order valence-corrected chi connectivity index (χ3v) is 8.62. The number of rotatable bonds is 6. The van der Waals surface area contributed by atoms with Crippen molar-refractivity contribution in [3.8, 4) is 0 Å². The minimum absolute atomic E-state index is 0.0864. The smallest absolute Gasteiger partial charge is 0.0800 e. The highest BCUT2D eigenvalue weighted by Crippen LogP contribution is 2.45. The molecule has 5 aromatic rings. The third-order valence-electron chi connectivity index (χ3n) is 8.62. The first-order chi connectivity index (χ1) is 19.7. The summed E-state index contributed by atoms with van der Waals surface area (Å²) in [5.74, 6) is 0.195. The molecular weight excluding hydrogens is 492 g/mol. The summed E-state index contributed by atoms with van der Waals surface area (Å²) in [6.07, 6.45) is 3.84. The molecule has 5 heterocycles. The molecule has 6 heteroatoms. The molecule has 3 aromatic heterocycles. The number of nitrogens with one attached hydrogen (secondary N) is 1. The molecule has 1 N–H and O–H groups in total. The van der Waals surface area contributed by atoms with E-state index in [9.17, 15) is 0 Å². The average molecular weight is 527 g/mol. The van der Waals surface area contributed by atoms with E-state index in [2.05, 4.69) is 101 Å². The average Bonchev–Trinajstić information content (AvgIpc) is 3.51. The van der Waals surface area contributed by atoms with Gasteiger partial charge in [0.2, 0.25) is 0 Å². The number of aliphatic imine (C=N–C) groups is 1. The minimum atomic E-state index is 0.0864. The monoisotopic (exact) mass is 526 g/mol. The number of benzene rings is 2. The van der Waals surface area contributed by atoms with Crippen molar-refractivity contribution in [2.75, 3.05) is 26.2 Å². The van der Waals surface area contributed by atoms with Crippen LogP contribution in [0.5, 0.6) is 0 Å². The normalized spacial score (nSPS) is 19.4. The SMILES string of the molecule is CC1=Nc2ccccc2[C@H]1[C@H](c1ccccn1)N1CCN([C@@H](c2ccccn2)c2c(C)[nH]c3ccccc23)CC1. The van der Waals surface area contributed by atoms with Crippen LogP contribution in [0.2, 0.25) is 0 Å². The van der Waals surface area contributed by atoms with Crippen LogP contribution in [0.4, 0.5) is 5.69 Å². The Bertz CT molecular complexity index is 1650. The zero-order valence-corrected chi connectivity index (χ0v) is 23.0. The predicted molar refractivity (Wildman–Crippen MR) is 161 cm³/mol. The number of nitrogens with zero attached hydrogens (tertiary/aromatic N) is 5. The van der Waals surface area contributed by atoms with Gasteiger partial charge in [-0.1, -0.05) is 48.5 Å². The molecule has 0 amide bonds. The summed E-state index contributed by atoms with van der Waals surface area (Å²) < 4.78 is 0. The zero-order valence-electron chi connectivity index (χ0n) is 23.0. The molecule has 3 atom stereocenters. The van der Waals surface area contributed by atoms with Crippen LogP contribution in [0.25, 0.3) is 10.9 Å². The van der Waals surface area contributed by atoms with Crippen molar-refractivity contribution in [1.82, 2.24) is 24.8 Å². The minimum Gasteiger partial charge on any atom is -0.358 e. The first kappa shape index (κ1) is 24.9. The second kappa shape index (κ2) is 10.5. The summed E-state index contributed by atoms with van der Waals surface area (Å²) in [4.78, 5) is 23.6. The van der Waals surface area contributed by atoms with Gasteiger partial charge in [0.15, 0.2) is 0 Å². The number of aryl methyl sites for hydroxylation is 1. The van der Waals surface area contributed by atoms with Gasteiger partial charge in [0.1, 0.15) is 0 Å². The number of para-hydroxylation sites is 2. The second-order valence-corrected chi connectivity index (χ2v) is 10.9. The number of aromatic nitrogens is 3. The van der Waals surface area contributed by atoms with Gasteiger partial charge in [0, 0.05) is 72.4 Å². The maximum absolute atomic E-state index is 4.97. The highest BCUT2D eigenvalue weighted by atomic mass is 15.3. The molecule has 40 heavy (non-hydrogen) atoms. The van der Waals surface area contributed by atoms with Crippen molar-refractivity contribution in [3.05, 3.63) is 126 Å². The molecule has 1 saturated heterocycles. The molecule has 6 nitrogen and oxygen atoms in total. The summed E-state index contributed by atoms with van der Waals surface area (Å²) in [5.41, 5.74) is 9.49. The topological polar surface area (TPSA) is 60.4 Å². The van der Waals surface area contributed by atoms with E-state index in [0.717, 1.165) is 43.3 Å². The molecule has 2 aromatic carbocycles. The van der Waals surface area contributed by atoms with E-state index in [-0.39, 0.29) is 18.0 Å². The van der Waals surface area contributed by atoms with Crippen molar-refractivity contribution < 1.29 is 0 Å². The van der Waals surface area contributed by atoms with Crippen LogP contribution in [0, 0.1) is 6.92 Å². The van der Waals surface area contributed by atoms with Crippen LogP contribution >= 0.6 is 0 Å². The van der Waals surface area contributed by atoms with E-state index in [4.69, 9.17) is 15.0 Å². The molecule has 0 radical (unpaired) electrons. The molecule has 7 rings (SSSR count). The molecule has 0 spiro atoms. The second-order valence-electron chi connectivity index (χ2n) is 10.9. The van der Waals surface area contributed by atoms with Gasteiger partial charge in [0.05, 0.1) is 29.2 Å². The number of hydrogen-bond acceptors (Lipinski definition) is 5. The van der Waals surface area contributed by atoms with E-state index in [1.165, 1.54) is 33.4 Å². The summed E-state index contributed by atoms with van der Waals surface area (Å²) >= 11 is 0. The fourth-order valence-corrected chi connectivity index (χ4v) is 6.83. The highest BCUT2D eigenvalue weighted by molar-refractivity contribution is 5.97. The standard InChI is InChI=1S/C34H34N6/c1-23-31(25-11-3-5-13-27(25)37-23)33(29-15-7-9-17-35-29)39-19-21-40(22-20-39)34(30-16-8-10-18-36-30)32-24(2)38-28-14-6-4-12-26(28)32/h3-18,31,33-34,38H,19-22H2,1-2H3/t31-,33-,34-/m0/s1. The van der Waals surface area contributed by atoms with Crippen LogP contribution in [0.15, 0.2) is 102 Å². The van der Waals surface area contributed by atoms with E-state index in [1.54, 1.807) is 0 Å². The Morgan fingerprint density at radius 2 is 1.38 bits per heavy atom. The number of fused-ring (bicyclic) bond motifs is 2. The van der Waals surface area contributed by atoms with Crippen LogP contribution in [0.1, 0.15) is 53.1 Å². The number of hydrogen-bond donors (Lipinski definition) is 1. The Labute approximate surface area is 235 Å². The van der Waals surface area contributed by atoms with Gasteiger partial charge in [0.25, 0.3) is 0 Å². The molecule has 2 aliphatic heterocycles. The van der Waals surface area contributed by atoms with Crippen LogP contribution < -0.4 is 0 Å². The van der Waals surface area contributed by atoms with Gasteiger partial charge < -0.3 is 4.98 Å². The van der Waals surface area contributed by atoms with E-state index >= 15 is 0 Å². The van der Waals surface area contributed by atoms with Crippen LogP contribution in [-0.4, -0.2) is 56.6 Å². The van der Waals surface area contributed by atoms with Crippen molar-refractivity contribution in [2.45, 2.75) is 31.8 Å². The summed E-state index contributed by atoms with van der Waals surface area (Å²) in [5, 5.41) is 1.28. The summed E-state index contributed by atoms with van der Waals surface area (Å²) in [6.45, 7) is 8.13. The molecule has 0 bridgehead atoms. The Morgan fingerprint density at radius 1 is 0.725 bits per heavy atom. The Kier molecular flexibility index (Phi) is 6.50. The maximum Gasteiger partial charge on any atom is 0.0800 e. The lowest BCUT2D eigenvalue weighted by molar-refractivity contribution is 0.0731. The lowest BCUT2D eigenvalue weighted by atomic mass is 9.85. The van der Waals surface area contributed by atoms with E-state index < -0.39 is 0 Å². The van der Waals surface area contributed by atoms with Crippen LogP contribution in [-0.2, 0) is 0 Å². The van der Waals surface area contributed by atoms with Gasteiger partial charge in [-0.3, -0.25) is 24.8 Å². The Morgan fingerprint density at radius 3 is 2.12 bits per heavy atom. The predicted octanol–water partition coefficient (Wildman–Crippen LogP) is 6.60. The highest BCUT2D eigenvalue weighted by Gasteiger charge is 2.39. The largest absolute Gasteiger partial charge is 0.358 e. The molecule has 0 saturated carbocycles. The third kappa shape index (κ3) is 4.34. The van der Waals surface area contributed by atoms with Gasteiger partial charge in [-0.2, -0.15) is 0 Å². The fraction of sp³-hybridized carbons (Fsp3) is 0.265. The summed E-state index contributed by atoms with van der Waals surface area (Å²) in [7, 11) is 0. The van der Waals surface area contributed by atoms with Gasteiger partial charge in [-0.15, -0.1) is 0 Å². The number of H-pyrrole nitrogens is 1.